The van der Waals surface area contributed by atoms with Gasteiger partial charge in [0.05, 0.1) is 29.0 Å². The van der Waals surface area contributed by atoms with Crippen LogP contribution in [0.2, 0.25) is 0 Å². The number of esters is 1. The summed E-state index contributed by atoms with van der Waals surface area (Å²) in [5.41, 5.74) is 4.51. The highest BCUT2D eigenvalue weighted by molar-refractivity contribution is 7.92. The zero-order valence-electron chi connectivity index (χ0n) is 20.6. The fraction of sp³-hybridized carbons (Fsp3) is 0.214. The van der Waals surface area contributed by atoms with Crippen LogP contribution < -0.4 is 4.72 Å². The molecule has 0 spiro atoms. The summed E-state index contributed by atoms with van der Waals surface area (Å²) in [6.45, 7) is 4.07. The van der Waals surface area contributed by atoms with Gasteiger partial charge in [-0.15, -0.1) is 0 Å². The average molecular weight is 504 g/mol. The van der Waals surface area contributed by atoms with Crippen LogP contribution in [0.15, 0.2) is 83.8 Å². The predicted octanol–water partition coefficient (Wildman–Crippen LogP) is 5.78. The molecule has 0 amide bonds. The van der Waals surface area contributed by atoms with Gasteiger partial charge in [-0.1, -0.05) is 55.8 Å². The molecular weight excluding hydrogens is 474 g/mol. The number of nitrogens with zero attached hydrogens (tertiary/aromatic N) is 2. The highest BCUT2D eigenvalue weighted by atomic mass is 32.2. The smallest absolute Gasteiger partial charge is 0.337 e. The Balaban J connectivity index is 1.71. The number of para-hydroxylation sites is 1. The van der Waals surface area contributed by atoms with Crippen LogP contribution in [0.1, 0.15) is 41.3 Å². The van der Waals surface area contributed by atoms with Crippen molar-refractivity contribution in [3.8, 4) is 16.9 Å². The second-order valence-electron chi connectivity index (χ2n) is 8.54. The molecule has 0 bridgehead atoms. The summed E-state index contributed by atoms with van der Waals surface area (Å²) in [5.74, 6) is -0.118. The van der Waals surface area contributed by atoms with Crippen molar-refractivity contribution in [3.05, 3.63) is 95.6 Å². The number of ether oxygens (including phenoxy) is 1. The van der Waals surface area contributed by atoms with E-state index >= 15 is 0 Å². The van der Waals surface area contributed by atoms with Gasteiger partial charge in [0, 0.05) is 11.6 Å². The Morgan fingerprint density at radius 1 is 1.00 bits per heavy atom. The Morgan fingerprint density at radius 2 is 1.69 bits per heavy atom. The van der Waals surface area contributed by atoms with Crippen molar-refractivity contribution in [2.45, 2.75) is 38.0 Å². The van der Waals surface area contributed by atoms with Crippen LogP contribution in [0.5, 0.6) is 0 Å². The third-order valence-electron chi connectivity index (χ3n) is 5.95. The molecule has 7 nitrogen and oxygen atoms in total. The summed E-state index contributed by atoms with van der Waals surface area (Å²) in [7, 11) is -2.53. The summed E-state index contributed by atoms with van der Waals surface area (Å²) in [6.07, 6.45) is 3.06. The lowest BCUT2D eigenvalue weighted by molar-refractivity contribution is 0.0600. The van der Waals surface area contributed by atoms with Crippen molar-refractivity contribution in [2.75, 3.05) is 11.8 Å². The summed E-state index contributed by atoms with van der Waals surface area (Å²) < 4.78 is 35.7. The highest BCUT2D eigenvalue weighted by Gasteiger charge is 2.20. The molecule has 0 radical (unpaired) electrons. The minimum absolute atomic E-state index is 0.185. The Bertz CT molecular complexity index is 1460. The number of aromatic nitrogens is 2. The number of unbranched alkanes of at least 4 members (excludes halogenated alkanes) is 1. The first-order chi connectivity index (χ1) is 17.3. The van der Waals surface area contributed by atoms with Gasteiger partial charge in [0.1, 0.15) is 5.82 Å². The van der Waals surface area contributed by atoms with Gasteiger partial charge in [0.25, 0.3) is 10.0 Å². The number of carbonyl (C=O) groups excluding carboxylic acids is 1. The van der Waals surface area contributed by atoms with E-state index in [-0.39, 0.29) is 4.90 Å². The molecule has 0 saturated carbocycles. The minimum Gasteiger partial charge on any atom is -0.465 e. The zero-order chi connectivity index (χ0) is 25.7. The Labute approximate surface area is 211 Å². The second-order valence-corrected chi connectivity index (χ2v) is 10.2. The Morgan fingerprint density at radius 3 is 2.33 bits per heavy atom. The molecule has 3 aromatic carbocycles. The quantitative estimate of drug-likeness (QED) is 0.293. The SMILES string of the molecule is CCCCc1ccc(S(=O)(=O)Nc2cc(-c3ccc(C(=O)OC)cc3)nn2-c2ccccc2C)cc1. The van der Waals surface area contributed by atoms with Crippen molar-refractivity contribution in [3.63, 3.8) is 0 Å². The van der Waals surface area contributed by atoms with Gasteiger partial charge in [-0.25, -0.2) is 17.9 Å². The van der Waals surface area contributed by atoms with Gasteiger partial charge in [-0.3, -0.25) is 4.72 Å². The number of hydrogen-bond acceptors (Lipinski definition) is 5. The topological polar surface area (TPSA) is 90.3 Å². The first-order valence-electron chi connectivity index (χ1n) is 11.8. The number of sulfonamides is 1. The van der Waals surface area contributed by atoms with E-state index in [0.29, 0.717) is 17.1 Å². The van der Waals surface area contributed by atoms with Gasteiger partial charge in [0.15, 0.2) is 0 Å². The molecule has 0 saturated heterocycles. The van der Waals surface area contributed by atoms with Gasteiger partial charge in [-0.2, -0.15) is 5.10 Å². The van der Waals surface area contributed by atoms with E-state index in [1.165, 1.54) is 7.11 Å². The highest BCUT2D eigenvalue weighted by Crippen LogP contribution is 2.28. The second kappa shape index (κ2) is 10.8. The molecule has 1 heterocycles. The maximum Gasteiger partial charge on any atom is 0.337 e. The van der Waals surface area contributed by atoms with Crippen molar-refractivity contribution < 1.29 is 17.9 Å². The number of anilines is 1. The van der Waals surface area contributed by atoms with E-state index in [4.69, 9.17) is 9.84 Å². The maximum absolute atomic E-state index is 13.3. The van der Waals surface area contributed by atoms with Crippen molar-refractivity contribution in [1.82, 2.24) is 9.78 Å². The van der Waals surface area contributed by atoms with Crippen LogP contribution >= 0.6 is 0 Å². The van der Waals surface area contributed by atoms with Crippen LogP contribution in [0.25, 0.3) is 16.9 Å². The first-order valence-corrected chi connectivity index (χ1v) is 13.3. The number of carbonyl (C=O) groups is 1. The van der Waals surface area contributed by atoms with Crippen LogP contribution in [-0.2, 0) is 21.2 Å². The molecule has 0 aliphatic heterocycles. The van der Waals surface area contributed by atoms with Crippen molar-refractivity contribution in [2.24, 2.45) is 0 Å². The van der Waals surface area contributed by atoms with Crippen LogP contribution in [0.4, 0.5) is 5.82 Å². The number of hydrogen-bond donors (Lipinski definition) is 1. The van der Waals surface area contributed by atoms with Gasteiger partial charge in [0.2, 0.25) is 0 Å². The largest absolute Gasteiger partial charge is 0.465 e. The standard InChI is InChI=1S/C28H29N3O4S/c1-4-5-9-21-11-17-24(18-12-21)36(33,34)30-27-19-25(22-13-15-23(16-14-22)28(32)35-3)29-31(27)26-10-7-6-8-20(26)2/h6-8,10-19,30H,4-5,9H2,1-3H3. The summed E-state index contributed by atoms with van der Waals surface area (Å²) in [4.78, 5) is 12.0. The van der Waals surface area contributed by atoms with Crippen molar-refractivity contribution in [1.29, 1.82) is 0 Å². The summed E-state index contributed by atoms with van der Waals surface area (Å²) in [6, 6.07) is 23.1. The monoisotopic (exact) mass is 503 g/mol. The van der Waals surface area contributed by atoms with Gasteiger partial charge >= 0.3 is 5.97 Å². The summed E-state index contributed by atoms with van der Waals surface area (Å²) in [5, 5.41) is 4.71. The predicted molar refractivity (Wildman–Crippen MR) is 141 cm³/mol. The zero-order valence-corrected chi connectivity index (χ0v) is 21.4. The third kappa shape index (κ3) is 5.49. The van der Waals surface area contributed by atoms with Gasteiger partial charge in [-0.05, 0) is 61.2 Å². The molecule has 0 aliphatic rings. The molecule has 0 unspecified atom stereocenters. The Hall–Kier alpha value is -3.91. The van der Waals surface area contributed by atoms with E-state index in [1.807, 2.05) is 43.3 Å². The number of rotatable bonds is 9. The summed E-state index contributed by atoms with van der Waals surface area (Å²) >= 11 is 0. The molecule has 0 aliphatic carbocycles. The van der Waals surface area contributed by atoms with Crippen molar-refractivity contribution >= 4 is 21.8 Å². The van der Waals surface area contributed by atoms with E-state index in [1.54, 1.807) is 47.1 Å². The number of methoxy groups -OCH3 is 1. The fourth-order valence-corrected chi connectivity index (χ4v) is 4.92. The first kappa shape index (κ1) is 25.2. The van der Waals surface area contributed by atoms with E-state index in [9.17, 15) is 13.2 Å². The number of benzene rings is 3. The lowest BCUT2D eigenvalue weighted by Gasteiger charge is -2.12. The molecule has 1 aromatic heterocycles. The molecule has 0 fully saturated rings. The molecule has 8 heteroatoms. The molecule has 4 rings (SSSR count). The van der Waals surface area contributed by atoms with E-state index in [0.717, 1.165) is 41.6 Å². The molecular formula is C28H29N3O4S. The van der Waals surface area contributed by atoms with Gasteiger partial charge < -0.3 is 4.74 Å². The average Bonchev–Trinajstić information content (AvgIpc) is 3.30. The minimum atomic E-state index is -3.86. The fourth-order valence-electron chi connectivity index (χ4n) is 3.89. The van der Waals surface area contributed by atoms with Crippen LogP contribution in [-0.4, -0.2) is 31.3 Å². The molecule has 186 valence electrons. The van der Waals surface area contributed by atoms with Crippen LogP contribution in [0.3, 0.4) is 0 Å². The van der Waals surface area contributed by atoms with E-state index < -0.39 is 16.0 Å². The molecule has 36 heavy (non-hydrogen) atoms. The van der Waals surface area contributed by atoms with E-state index in [2.05, 4.69) is 11.6 Å². The number of nitrogens with one attached hydrogen (secondary N) is 1. The Kier molecular flexibility index (Phi) is 7.55. The number of aryl methyl sites for hydroxylation is 2. The molecule has 4 aromatic rings. The molecule has 1 N–H and O–H groups in total. The lowest BCUT2D eigenvalue weighted by Crippen LogP contribution is -2.16. The third-order valence-corrected chi connectivity index (χ3v) is 7.32. The molecule has 0 atom stereocenters. The normalized spacial score (nSPS) is 11.3. The van der Waals surface area contributed by atoms with Crippen LogP contribution in [0, 0.1) is 6.92 Å². The lowest BCUT2D eigenvalue weighted by atomic mass is 10.1. The maximum atomic E-state index is 13.3.